The Morgan fingerprint density at radius 3 is 2.50 bits per heavy atom. The van der Waals surface area contributed by atoms with Crippen LogP contribution < -0.4 is 14.8 Å². The monoisotopic (exact) mass is 404 g/mol. The molecule has 0 fully saturated rings. The molecule has 0 saturated heterocycles. The summed E-state index contributed by atoms with van der Waals surface area (Å²) in [4.78, 5) is 26.2. The number of pyridine rings is 1. The summed E-state index contributed by atoms with van der Waals surface area (Å²) in [5.41, 5.74) is 3.35. The van der Waals surface area contributed by atoms with Crippen LogP contribution in [0.3, 0.4) is 0 Å². The minimum atomic E-state index is -0.349. The van der Waals surface area contributed by atoms with Gasteiger partial charge in [0.1, 0.15) is 5.82 Å². The Morgan fingerprint density at radius 2 is 1.80 bits per heavy atom. The van der Waals surface area contributed by atoms with E-state index in [9.17, 15) is 4.79 Å². The highest BCUT2D eigenvalue weighted by Gasteiger charge is 2.20. The second kappa shape index (κ2) is 7.78. The normalized spacial score (nSPS) is 10.8. The minimum absolute atomic E-state index is 0.0899. The molecule has 152 valence electrons. The van der Waals surface area contributed by atoms with E-state index in [1.165, 1.54) is 20.3 Å². The van der Waals surface area contributed by atoms with E-state index in [1.54, 1.807) is 17.8 Å². The van der Waals surface area contributed by atoms with Crippen LogP contribution in [0.5, 0.6) is 11.9 Å². The number of hydrogen-bond acceptors (Lipinski definition) is 7. The topological polar surface area (TPSA) is 104 Å². The third kappa shape index (κ3) is 3.52. The number of rotatable bonds is 5. The highest BCUT2D eigenvalue weighted by molar-refractivity contribution is 6.13. The van der Waals surface area contributed by atoms with Crippen LogP contribution in [-0.4, -0.2) is 44.9 Å². The fraction of sp³-hybridized carbons (Fsp3) is 0.190. The van der Waals surface area contributed by atoms with Gasteiger partial charge in [-0.15, -0.1) is 0 Å². The van der Waals surface area contributed by atoms with E-state index in [0.717, 1.165) is 5.56 Å². The van der Waals surface area contributed by atoms with Crippen molar-refractivity contribution in [1.29, 1.82) is 0 Å². The van der Waals surface area contributed by atoms with E-state index in [4.69, 9.17) is 14.5 Å². The first-order valence-corrected chi connectivity index (χ1v) is 9.18. The number of benzene rings is 1. The fourth-order valence-corrected chi connectivity index (χ4v) is 3.23. The first-order chi connectivity index (χ1) is 14.5. The van der Waals surface area contributed by atoms with Gasteiger partial charge in [-0.3, -0.25) is 9.48 Å². The number of nitrogens with zero attached hydrogens (tertiary/aromatic N) is 5. The van der Waals surface area contributed by atoms with Crippen LogP contribution in [0.15, 0.2) is 42.5 Å². The van der Waals surface area contributed by atoms with Crippen LogP contribution in [0.2, 0.25) is 0 Å². The minimum Gasteiger partial charge on any atom is -0.481 e. The number of fused-ring (bicyclic) bond motifs is 1. The number of carbonyl (C=O) groups excluding carboxylic acids is 1. The quantitative estimate of drug-likeness (QED) is 0.545. The lowest BCUT2D eigenvalue weighted by Gasteiger charge is -2.10. The molecule has 0 radical (unpaired) electrons. The third-order valence-electron chi connectivity index (χ3n) is 4.60. The Bertz CT molecular complexity index is 1210. The molecule has 1 aromatic carbocycles. The zero-order valence-corrected chi connectivity index (χ0v) is 17.0. The highest BCUT2D eigenvalue weighted by atomic mass is 16.5. The molecule has 3 heterocycles. The smallest absolute Gasteiger partial charge is 0.321 e. The lowest BCUT2D eigenvalue weighted by atomic mass is 10.0. The van der Waals surface area contributed by atoms with E-state index in [1.807, 2.05) is 37.3 Å². The molecule has 0 saturated carbocycles. The van der Waals surface area contributed by atoms with Gasteiger partial charge in [-0.05, 0) is 13.0 Å². The zero-order valence-electron chi connectivity index (χ0n) is 17.0. The average molecular weight is 404 g/mol. The standard InChI is InChI=1S/C21H20N6O3/c1-12-18-14(20(28)23-16-11-17(29-3)25-21(24-16)30-4)10-15(13-8-6-5-7-9-13)22-19(18)27(2)26-12/h5-11H,1-4H3,(H,23,24,25,28). The van der Waals surface area contributed by atoms with Crippen LogP contribution in [0.1, 0.15) is 16.1 Å². The molecule has 0 spiro atoms. The molecule has 1 amide bonds. The van der Waals surface area contributed by atoms with Gasteiger partial charge in [0.15, 0.2) is 5.65 Å². The molecule has 3 aromatic heterocycles. The maximum Gasteiger partial charge on any atom is 0.321 e. The second-order valence-corrected chi connectivity index (χ2v) is 6.57. The Morgan fingerprint density at radius 1 is 1.03 bits per heavy atom. The first-order valence-electron chi connectivity index (χ1n) is 9.18. The van der Waals surface area contributed by atoms with E-state index < -0.39 is 0 Å². The van der Waals surface area contributed by atoms with Crippen molar-refractivity contribution in [1.82, 2.24) is 24.7 Å². The van der Waals surface area contributed by atoms with E-state index in [0.29, 0.717) is 28.0 Å². The van der Waals surface area contributed by atoms with Gasteiger partial charge in [0.25, 0.3) is 5.91 Å². The zero-order chi connectivity index (χ0) is 21.3. The van der Waals surface area contributed by atoms with Crippen molar-refractivity contribution in [2.45, 2.75) is 6.92 Å². The average Bonchev–Trinajstić information content (AvgIpc) is 3.06. The first kappa shape index (κ1) is 19.3. The number of aryl methyl sites for hydroxylation is 2. The number of nitrogens with one attached hydrogen (secondary N) is 1. The predicted octanol–water partition coefficient (Wildman–Crippen LogP) is 3.00. The van der Waals surface area contributed by atoms with E-state index in [-0.39, 0.29) is 23.6 Å². The van der Waals surface area contributed by atoms with Gasteiger partial charge in [-0.25, -0.2) is 4.98 Å². The number of amides is 1. The van der Waals surface area contributed by atoms with Gasteiger partial charge in [-0.1, -0.05) is 30.3 Å². The van der Waals surface area contributed by atoms with Crippen molar-refractivity contribution in [3.8, 4) is 23.1 Å². The van der Waals surface area contributed by atoms with Gasteiger partial charge in [0.2, 0.25) is 5.88 Å². The van der Waals surface area contributed by atoms with Gasteiger partial charge >= 0.3 is 6.01 Å². The van der Waals surface area contributed by atoms with Crippen molar-refractivity contribution in [2.24, 2.45) is 7.05 Å². The highest BCUT2D eigenvalue weighted by Crippen LogP contribution is 2.27. The Balaban J connectivity index is 1.82. The summed E-state index contributed by atoms with van der Waals surface area (Å²) in [5.74, 6) is 0.189. The summed E-state index contributed by atoms with van der Waals surface area (Å²) in [6.45, 7) is 1.85. The predicted molar refractivity (Wildman–Crippen MR) is 112 cm³/mol. The number of hydrogen-bond donors (Lipinski definition) is 1. The number of carbonyl (C=O) groups is 1. The van der Waals surface area contributed by atoms with Crippen molar-refractivity contribution < 1.29 is 14.3 Å². The lowest BCUT2D eigenvalue weighted by Crippen LogP contribution is -2.15. The molecule has 0 bridgehead atoms. The van der Waals surface area contributed by atoms with Crippen LogP contribution >= 0.6 is 0 Å². The van der Waals surface area contributed by atoms with Crippen molar-refractivity contribution >= 4 is 22.8 Å². The largest absolute Gasteiger partial charge is 0.481 e. The summed E-state index contributed by atoms with van der Waals surface area (Å²) in [7, 11) is 4.72. The summed E-state index contributed by atoms with van der Waals surface area (Å²) in [6.07, 6.45) is 0. The second-order valence-electron chi connectivity index (χ2n) is 6.57. The molecule has 9 heteroatoms. The summed E-state index contributed by atoms with van der Waals surface area (Å²) in [6, 6.07) is 13.0. The number of ether oxygens (including phenoxy) is 2. The Kier molecular flexibility index (Phi) is 5.01. The van der Waals surface area contributed by atoms with Crippen molar-refractivity contribution in [2.75, 3.05) is 19.5 Å². The molecule has 0 atom stereocenters. The number of aromatic nitrogens is 5. The molecule has 0 aliphatic rings. The van der Waals surface area contributed by atoms with Gasteiger partial charge in [0.05, 0.1) is 36.6 Å². The van der Waals surface area contributed by atoms with E-state index >= 15 is 0 Å². The van der Waals surface area contributed by atoms with Crippen molar-refractivity contribution in [3.63, 3.8) is 0 Å². The molecule has 0 aliphatic heterocycles. The maximum atomic E-state index is 13.3. The Hall–Kier alpha value is -4.01. The number of methoxy groups -OCH3 is 2. The molecular weight excluding hydrogens is 384 g/mol. The van der Waals surface area contributed by atoms with E-state index in [2.05, 4.69) is 20.4 Å². The molecule has 0 unspecified atom stereocenters. The molecule has 4 rings (SSSR count). The van der Waals surface area contributed by atoms with Crippen LogP contribution in [0, 0.1) is 6.92 Å². The molecule has 0 aliphatic carbocycles. The van der Waals surface area contributed by atoms with Crippen molar-refractivity contribution in [3.05, 3.63) is 53.7 Å². The molecule has 4 aromatic rings. The van der Waals surface area contributed by atoms with Crippen LogP contribution in [0.25, 0.3) is 22.3 Å². The molecule has 30 heavy (non-hydrogen) atoms. The molecular formula is C21H20N6O3. The van der Waals surface area contributed by atoms with Crippen LogP contribution in [-0.2, 0) is 7.05 Å². The van der Waals surface area contributed by atoms with Gasteiger partial charge in [0, 0.05) is 18.7 Å². The third-order valence-corrected chi connectivity index (χ3v) is 4.60. The lowest BCUT2D eigenvalue weighted by molar-refractivity contribution is 0.102. The Labute approximate surface area is 172 Å². The number of anilines is 1. The fourth-order valence-electron chi connectivity index (χ4n) is 3.23. The van der Waals surface area contributed by atoms with Gasteiger partial charge < -0.3 is 14.8 Å². The SMILES string of the molecule is COc1cc(NC(=O)c2cc(-c3ccccc3)nc3c2c(C)nn3C)nc(OC)n1. The maximum absolute atomic E-state index is 13.3. The summed E-state index contributed by atoms with van der Waals surface area (Å²) in [5, 5.41) is 7.92. The summed E-state index contributed by atoms with van der Waals surface area (Å²) < 4.78 is 11.9. The molecule has 9 nitrogen and oxygen atoms in total. The molecule has 1 N–H and O–H groups in total. The van der Waals surface area contributed by atoms with Crippen LogP contribution in [0.4, 0.5) is 5.82 Å². The van der Waals surface area contributed by atoms with Gasteiger partial charge in [-0.2, -0.15) is 15.1 Å². The summed E-state index contributed by atoms with van der Waals surface area (Å²) >= 11 is 0.